The Hall–Kier alpha value is -2.08. The van der Waals surface area contributed by atoms with E-state index in [9.17, 15) is 9.18 Å². The molecule has 23 heavy (non-hydrogen) atoms. The van der Waals surface area contributed by atoms with Gasteiger partial charge in [-0.15, -0.1) is 0 Å². The van der Waals surface area contributed by atoms with Crippen molar-refractivity contribution in [1.82, 2.24) is 0 Å². The second-order valence-electron chi connectivity index (χ2n) is 4.85. The monoisotopic (exact) mass is 381 g/mol. The van der Waals surface area contributed by atoms with Gasteiger partial charge in [-0.2, -0.15) is 0 Å². The number of methoxy groups -OCH3 is 2. The lowest BCUT2D eigenvalue weighted by Gasteiger charge is -2.13. The Kier molecular flexibility index (Phi) is 5.98. The standard InChI is InChI=1S/C17H17BrFNO3/c1-22-13-8-12(9-14(10-13)23-2)20-17(21)15(18)7-11-5-3-4-6-16(11)19/h3-6,8-10,15H,7H2,1-2H3,(H,20,21). The number of nitrogens with one attached hydrogen (secondary N) is 1. The number of hydrogen-bond acceptors (Lipinski definition) is 3. The smallest absolute Gasteiger partial charge is 0.238 e. The normalized spacial score (nSPS) is 11.7. The average molecular weight is 382 g/mol. The first-order valence-corrected chi connectivity index (χ1v) is 7.86. The van der Waals surface area contributed by atoms with E-state index in [1.54, 1.807) is 36.4 Å². The number of hydrogen-bond donors (Lipinski definition) is 1. The van der Waals surface area contributed by atoms with Gasteiger partial charge >= 0.3 is 0 Å². The molecule has 122 valence electrons. The van der Waals surface area contributed by atoms with Crippen molar-refractivity contribution in [3.05, 3.63) is 53.8 Å². The number of amides is 1. The van der Waals surface area contributed by atoms with Gasteiger partial charge in [0, 0.05) is 23.9 Å². The van der Waals surface area contributed by atoms with Crippen LogP contribution in [0.3, 0.4) is 0 Å². The van der Waals surface area contributed by atoms with Crippen LogP contribution in [0.4, 0.5) is 10.1 Å². The highest BCUT2D eigenvalue weighted by Gasteiger charge is 2.18. The van der Waals surface area contributed by atoms with Gasteiger partial charge in [0.1, 0.15) is 17.3 Å². The average Bonchev–Trinajstić information content (AvgIpc) is 2.56. The van der Waals surface area contributed by atoms with Crippen molar-refractivity contribution in [2.45, 2.75) is 11.2 Å². The highest BCUT2D eigenvalue weighted by molar-refractivity contribution is 9.10. The maximum Gasteiger partial charge on any atom is 0.238 e. The van der Waals surface area contributed by atoms with Crippen molar-refractivity contribution in [2.24, 2.45) is 0 Å². The second-order valence-corrected chi connectivity index (χ2v) is 5.96. The molecular formula is C17H17BrFNO3. The van der Waals surface area contributed by atoms with Crippen LogP contribution in [0, 0.1) is 5.82 Å². The van der Waals surface area contributed by atoms with Gasteiger partial charge in [-0.3, -0.25) is 4.79 Å². The first-order chi connectivity index (χ1) is 11.0. The van der Waals surface area contributed by atoms with E-state index in [-0.39, 0.29) is 18.1 Å². The first-order valence-electron chi connectivity index (χ1n) is 6.95. The molecule has 0 radical (unpaired) electrons. The molecule has 0 saturated carbocycles. The Balaban J connectivity index is 2.08. The molecule has 0 fully saturated rings. The number of carbonyl (C=O) groups excluding carboxylic acids is 1. The number of anilines is 1. The summed E-state index contributed by atoms with van der Waals surface area (Å²) in [6.45, 7) is 0. The van der Waals surface area contributed by atoms with Crippen LogP contribution in [0.2, 0.25) is 0 Å². The molecule has 2 aromatic rings. The summed E-state index contributed by atoms with van der Waals surface area (Å²) in [5.41, 5.74) is 1.02. The van der Waals surface area contributed by atoms with E-state index in [1.807, 2.05) is 0 Å². The van der Waals surface area contributed by atoms with E-state index >= 15 is 0 Å². The minimum Gasteiger partial charge on any atom is -0.497 e. The summed E-state index contributed by atoms with van der Waals surface area (Å²) >= 11 is 3.30. The van der Waals surface area contributed by atoms with Crippen LogP contribution >= 0.6 is 15.9 Å². The SMILES string of the molecule is COc1cc(NC(=O)C(Br)Cc2ccccc2F)cc(OC)c1. The van der Waals surface area contributed by atoms with E-state index < -0.39 is 4.83 Å². The highest BCUT2D eigenvalue weighted by atomic mass is 79.9. The predicted molar refractivity (Wildman–Crippen MR) is 91.0 cm³/mol. The van der Waals surface area contributed by atoms with Crippen molar-refractivity contribution in [2.75, 3.05) is 19.5 Å². The summed E-state index contributed by atoms with van der Waals surface area (Å²) < 4.78 is 24.0. The second kappa shape index (κ2) is 7.97. The molecule has 1 unspecified atom stereocenters. The molecule has 0 aromatic heterocycles. The van der Waals surface area contributed by atoms with Crippen LogP contribution in [-0.4, -0.2) is 25.0 Å². The number of carbonyl (C=O) groups is 1. The van der Waals surface area contributed by atoms with Crippen molar-refractivity contribution >= 4 is 27.5 Å². The summed E-state index contributed by atoms with van der Waals surface area (Å²) in [6, 6.07) is 11.5. The molecule has 0 bridgehead atoms. The number of benzene rings is 2. The zero-order valence-electron chi connectivity index (χ0n) is 12.8. The summed E-state index contributed by atoms with van der Waals surface area (Å²) in [7, 11) is 3.07. The Morgan fingerprint density at radius 2 is 1.78 bits per heavy atom. The summed E-state index contributed by atoms with van der Waals surface area (Å²) in [5, 5.41) is 2.76. The van der Waals surface area contributed by atoms with E-state index in [2.05, 4.69) is 21.2 Å². The Morgan fingerprint density at radius 1 is 1.17 bits per heavy atom. The molecule has 0 heterocycles. The molecule has 0 aliphatic rings. The Morgan fingerprint density at radius 3 is 2.35 bits per heavy atom. The molecule has 0 saturated heterocycles. The zero-order chi connectivity index (χ0) is 16.8. The van der Waals surface area contributed by atoms with Crippen LogP contribution < -0.4 is 14.8 Å². The molecule has 4 nitrogen and oxygen atoms in total. The third-order valence-electron chi connectivity index (χ3n) is 3.26. The molecular weight excluding hydrogens is 365 g/mol. The van der Waals surface area contributed by atoms with Crippen LogP contribution in [-0.2, 0) is 11.2 Å². The minimum atomic E-state index is -0.559. The fraction of sp³-hybridized carbons (Fsp3) is 0.235. The summed E-state index contributed by atoms with van der Waals surface area (Å²) in [5.74, 6) is 0.538. The fourth-order valence-electron chi connectivity index (χ4n) is 2.05. The summed E-state index contributed by atoms with van der Waals surface area (Å²) in [6.07, 6.45) is 0.250. The van der Waals surface area contributed by atoms with Gasteiger partial charge in [-0.25, -0.2) is 4.39 Å². The highest BCUT2D eigenvalue weighted by Crippen LogP contribution is 2.26. The van der Waals surface area contributed by atoms with Gasteiger partial charge in [0.15, 0.2) is 0 Å². The van der Waals surface area contributed by atoms with E-state index in [4.69, 9.17) is 9.47 Å². The third-order valence-corrected chi connectivity index (χ3v) is 4.00. The van der Waals surface area contributed by atoms with Gasteiger partial charge in [0.05, 0.1) is 19.0 Å². The third kappa shape index (κ3) is 4.69. The van der Waals surface area contributed by atoms with Crippen molar-refractivity contribution in [1.29, 1.82) is 0 Å². The molecule has 0 spiro atoms. The Bertz CT molecular complexity index is 671. The predicted octanol–water partition coefficient (Wildman–Crippen LogP) is 3.79. The first kappa shape index (κ1) is 17.3. The van der Waals surface area contributed by atoms with Gasteiger partial charge < -0.3 is 14.8 Å². The Labute approximate surface area is 142 Å². The van der Waals surface area contributed by atoms with E-state index in [1.165, 1.54) is 20.3 Å². The van der Waals surface area contributed by atoms with Crippen molar-refractivity contribution in [3.8, 4) is 11.5 Å². The molecule has 1 atom stereocenters. The number of alkyl halides is 1. The minimum absolute atomic E-state index is 0.250. The maximum atomic E-state index is 13.7. The topological polar surface area (TPSA) is 47.6 Å². The van der Waals surface area contributed by atoms with E-state index in [0.717, 1.165) is 0 Å². The van der Waals surface area contributed by atoms with E-state index in [0.29, 0.717) is 22.7 Å². The lowest BCUT2D eigenvalue weighted by molar-refractivity contribution is -0.115. The molecule has 6 heteroatoms. The van der Waals surface area contributed by atoms with Gasteiger partial charge in [0.25, 0.3) is 0 Å². The van der Waals surface area contributed by atoms with Crippen molar-refractivity contribution in [3.63, 3.8) is 0 Å². The van der Waals surface area contributed by atoms with Crippen LogP contribution in [0.5, 0.6) is 11.5 Å². The van der Waals surface area contributed by atoms with Crippen molar-refractivity contribution < 1.29 is 18.7 Å². The number of rotatable bonds is 6. The van der Waals surface area contributed by atoms with Gasteiger partial charge in [0.2, 0.25) is 5.91 Å². The largest absolute Gasteiger partial charge is 0.497 e. The lowest BCUT2D eigenvalue weighted by Crippen LogP contribution is -2.25. The van der Waals surface area contributed by atoms with Gasteiger partial charge in [-0.1, -0.05) is 34.1 Å². The fourth-order valence-corrected chi connectivity index (χ4v) is 2.51. The van der Waals surface area contributed by atoms with Gasteiger partial charge in [-0.05, 0) is 18.1 Å². The molecule has 1 amide bonds. The van der Waals surface area contributed by atoms with Crippen LogP contribution in [0.25, 0.3) is 0 Å². The van der Waals surface area contributed by atoms with Crippen LogP contribution in [0.1, 0.15) is 5.56 Å². The quantitative estimate of drug-likeness (QED) is 0.774. The van der Waals surface area contributed by atoms with Crippen LogP contribution in [0.15, 0.2) is 42.5 Å². The molecule has 1 N–H and O–H groups in total. The zero-order valence-corrected chi connectivity index (χ0v) is 14.4. The molecule has 0 aliphatic heterocycles. The number of ether oxygens (including phenoxy) is 2. The maximum absolute atomic E-state index is 13.7. The molecule has 0 aliphatic carbocycles. The molecule has 2 aromatic carbocycles. The lowest BCUT2D eigenvalue weighted by atomic mass is 10.1. The number of halogens is 2. The summed E-state index contributed by atoms with van der Waals surface area (Å²) in [4.78, 5) is 11.7. The molecule has 2 rings (SSSR count).